The highest BCUT2D eigenvalue weighted by Crippen LogP contribution is 2.38. The first-order valence-corrected chi connectivity index (χ1v) is 7.19. The van der Waals surface area contributed by atoms with Crippen molar-refractivity contribution in [3.05, 3.63) is 23.3 Å². The normalized spacial score (nSPS) is 27.7. The standard InChI is InChI=1S/C16H28O3/c1-11(2)7-13-5-6-16(19,8-12(3)4)15(10-18)14(13)9-17/h5-6,11-12,15,17-19H,7-10H2,1-4H3. The van der Waals surface area contributed by atoms with Crippen LogP contribution in [0.4, 0.5) is 0 Å². The van der Waals surface area contributed by atoms with E-state index in [1.165, 1.54) is 0 Å². The Kier molecular flexibility index (Phi) is 5.78. The molecule has 0 amide bonds. The van der Waals surface area contributed by atoms with E-state index in [0.717, 1.165) is 17.6 Å². The summed E-state index contributed by atoms with van der Waals surface area (Å²) in [5.74, 6) is 0.422. The lowest BCUT2D eigenvalue weighted by Crippen LogP contribution is -2.43. The minimum absolute atomic E-state index is 0.0992. The maximum Gasteiger partial charge on any atom is 0.0921 e. The molecule has 1 rings (SSSR count). The monoisotopic (exact) mass is 268 g/mol. The Balaban J connectivity index is 3.08. The molecule has 0 aromatic carbocycles. The van der Waals surface area contributed by atoms with Crippen LogP contribution in [0.25, 0.3) is 0 Å². The first-order chi connectivity index (χ1) is 8.84. The lowest BCUT2D eigenvalue weighted by atomic mass is 9.71. The summed E-state index contributed by atoms with van der Waals surface area (Å²) in [5.41, 5.74) is 0.813. The average Bonchev–Trinajstić information content (AvgIpc) is 2.29. The lowest BCUT2D eigenvalue weighted by Gasteiger charge is -2.39. The van der Waals surface area contributed by atoms with Crippen molar-refractivity contribution in [1.29, 1.82) is 0 Å². The third-order valence-corrected chi connectivity index (χ3v) is 3.73. The Morgan fingerprint density at radius 3 is 2.21 bits per heavy atom. The van der Waals surface area contributed by atoms with Crippen molar-refractivity contribution in [3.63, 3.8) is 0 Å². The van der Waals surface area contributed by atoms with Gasteiger partial charge in [0.25, 0.3) is 0 Å². The summed E-state index contributed by atoms with van der Waals surface area (Å²) in [6.07, 6.45) is 5.19. The summed E-state index contributed by atoms with van der Waals surface area (Å²) in [6, 6.07) is 0. The summed E-state index contributed by atoms with van der Waals surface area (Å²) in [7, 11) is 0. The van der Waals surface area contributed by atoms with Crippen molar-refractivity contribution in [2.45, 2.75) is 46.1 Å². The van der Waals surface area contributed by atoms with E-state index in [-0.39, 0.29) is 13.2 Å². The van der Waals surface area contributed by atoms with Crippen molar-refractivity contribution in [2.24, 2.45) is 17.8 Å². The van der Waals surface area contributed by atoms with Crippen molar-refractivity contribution < 1.29 is 15.3 Å². The molecule has 0 aromatic rings. The average molecular weight is 268 g/mol. The van der Waals surface area contributed by atoms with Gasteiger partial charge in [-0.15, -0.1) is 0 Å². The van der Waals surface area contributed by atoms with Gasteiger partial charge in [-0.05, 0) is 35.8 Å². The van der Waals surface area contributed by atoms with Gasteiger partial charge in [0, 0.05) is 5.92 Å². The van der Waals surface area contributed by atoms with E-state index in [1.807, 2.05) is 26.0 Å². The van der Waals surface area contributed by atoms with Gasteiger partial charge in [-0.1, -0.05) is 39.8 Å². The highest BCUT2D eigenvalue weighted by Gasteiger charge is 2.39. The maximum absolute atomic E-state index is 10.8. The van der Waals surface area contributed by atoms with Crippen molar-refractivity contribution >= 4 is 0 Å². The van der Waals surface area contributed by atoms with Crippen LogP contribution in [0.15, 0.2) is 23.3 Å². The molecule has 3 nitrogen and oxygen atoms in total. The fourth-order valence-corrected chi connectivity index (χ4v) is 2.98. The zero-order chi connectivity index (χ0) is 14.6. The summed E-state index contributed by atoms with van der Waals surface area (Å²) >= 11 is 0. The molecule has 2 atom stereocenters. The fraction of sp³-hybridized carbons (Fsp3) is 0.750. The van der Waals surface area contributed by atoms with Gasteiger partial charge in [-0.25, -0.2) is 0 Å². The van der Waals surface area contributed by atoms with Gasteiger partial charge < -0.3 is 15.3 Å². The van der Waals surface area contributed by atoms with Crippen LogP contribution in [0.5, 0.6) is 0 Å². The van der Waals surface area contributed by atoms with Gasteiger partial charge in [0.1, 0.15) is 0 Å². The third-order valence-electron chi connectivity index (χ3n) is 3.73. The number of aliphatic hydroxyl groups excluding tert-OH is 2. The minimum atomic E-state index is -1.04. The highest BCUT2D eigenvalue weighted by atomic mass is 16.3. The van der Waals surface area contributed by atoms with Crippen molar-refractivity contribution in [3.8, 4) is 0 Å². The summed E-state index contributed by atoms with van der Waals surface area (Å²) in [6.45, 7) is 8.11. The van der Waals surface area contributed by atoms with Gasteiger partial charge in [0.15, 0.2) is 0 Å². The van der Waals surface area contributed by atoms with E-state index in [1.54, 1.807) is 0 Å². The van der Waals surface area contributed by atoms with Crippen LogP contribution < -0.4 is 0 Å². The molecule has 3 N–H and O–H groups in total. The van der Waals surface area contributed by atoms with Gasteiger partial charge in [-0.2, -0.15) is 0 Å². The van der Waals surface area contributed by atoms with Crippen molar-refractivity contribution in [2.75, 3.05) is 13.2 Å². The van der Waals surface area contributed by atoms with E-state index in [9.17, 15) is 15.3 Å². The third kappa shape index (κ3) is 3.91. The zero-order valence-electron chi connectivity index (χ0n) is 12.6. The largest absolute Gasteiger partial charge is 0.396 e. The molecule has 2 unspecified atom stereocenters. The number of rotatable bonds is 6. The van der Waals surface area contributed by atoms with E-state index < -0.39 is 11.5 Å². The van der Waals surface area contributed by atoms with E-state index in [4.69, 9.17) is 0 Å². The maximum atomic E-state index is 10.8. The Labute approximate surface area is 116 Å². The van der Waals surface area contributed by atoms with E-state index in [0.29, 0.717) is 18.3 Å². The summed E-state index contributed by atoms with van der Waals surface area (Å²) in [5, 5.41) is 30.0. The minimum Gasteiger partial charge on any atom is -0.396 e. The molecular weight excluding hydrogens is 240 g/mol. The van der Waals surface area contributed by atoms with Crippen LogP contribution in [0.2, 0.25) is 0 Å². The van der Waals surface area contributed by atoms with Gasteiger partial charge in [0.05, 0.1) is 18.8 Å². The first kappa shape index (κ1) is 16.4. The molecule has 110 valence electrons. The second-order valence-electron chi connectivity index (χ2n) is 6.46. The van der Waals surface area contributed by atoms with Gasteiger partial charge in [-0.3, -0.25) is 0 Å². The Morgan fingerprint density at radius 2 is 1.79 bits per heavy atom. The summed E-state index contributed by atoms with van der Waals surface area (Å²) < 4.78 is 0. The Morgan fingerprint density at radius 1 is 1.16 bits per heavy atom. The quantitative estimate of drug-likeness (QED) is 0.692. The van der Waals surface area contributed by atoms with Crippen molar-refractivity contribution in [1.82, 2.24) is 0 Å². The molecule has 0 saturated heterocycles. The fourth-order valence-electron chi connectivity index (χ4n) is 2.98. The number of hydrogen-bond donors (Lipinski definition) is 3. The van der Waals surface area contributed by atoms with Crippen LogP contribution in [0.3, 0.4) is 0 Å². The molecule has 0 fully saturated rings. The predicted octanol–water partition coefficient (Wildman–Crippen LogP) is 2.28. The topological polar surface area (TPSA) is 60.7 Å². The van der Waals surface area contributed by atoms with E-state index >= 15 is 0 Å². The van der Waals surface area contributed by atoms with Crippen LogP contribution in [-0.4, -0.2) is 34.1 Å². The van der Waals surface area contributed by atoms with E-state index in [2.05, 4.69) is 13.8 Å². The van der Waals surface area contributed by atoms with Crippen LogP contribution in [0, 0.1) is 17.8 Å². The van der Waals surface area contributed by atoms with Crippen LogP contribution in [0.1, 0.15) is 40.5 Å². The van der Waals surface area contributed by atoms with Crippen LogP contribution >= 0.6 is 0 Å². The van der Waals surface area contributed by atoms with Gasteiger partial charge >= 0.3 is 0 Å². The zero-order valence-corrected chi connectivity index (χ0v) is 12.6. The Hall–Kier alpha value is -0.640. The molecule has 1 aliphatic carbocycles. The molecule has 0 bridgehead atoms. The molecule has 0 spiro atoms. The second kappa shape index (κ2) is 6.69. The first-order valence-electron chi connectivity index (χ1n) is 7.19. The smallest absolute Gasteiger partial charge is 0.0921 e. The predicted molar refractivity (Wildman–Crippen MR) is 77.7 cm³/mol. The highest BCUT2D eigenvalue weighted by molar-refractivity contribution is 5.37. The summed E-state index contributed by atoms with van der Waals surface area (Å²) in [4.78, 5) is 0. The Bertz CT molecular complexity index is 355. The second-order valence-corrected chi connectivity index (χ2v) is 6.46. The number of allylic oxidation sites excluding steroid dienone is 2. The molecule has 1 aliphatic rings. The molecule has 0 aromatic heterocycles. The molecule has 0 aliphatic heterocycles. The molecular formula is C16H28O3. The van der Waals surface area contributed by atoms with Gasteiger partial charge in [0.2, 0.25) is 0 Å². The molecule has 3 heteroatoms. The number of hydrogen-bond acceptors (Lipinski definition) is 3. The van der Waals surface area contributed by atoms with Crippen LogP contribution in [-0.2, 0) is 0 Å². The number of aliphatic hydroxyl groups is 3. The molecule has 0 saturated carbocycles. The SMILES string of the molecule is CC(C)CC1=C(CO)C(CO)C(O)(CC(C)C)C=C1. The molecule has 0 radical (unpaired) electrons. The lowest BCUT2D eigenvalue weighted by molar-refractivity contribution is -0.00524. The molecule has 0 heterocycles. The molecule has 19 heavy (non-hydrogen) atoms.